The van der Waals surface area contributed by atoms with Gasteiger partial charge in [-0.3, -0.25) is 0 Å². The van der Waals surface area contributed by atoms with Crippen molar-refractivity contribution in [2.45, 2.75) is 27.0 Å². The molecule has 0 aliphatic carbocycles. The van der Waals surface area contributed by atoms with Crippen LogP contribution in [-0.4, -0.2) is 15.7 Å². The molecule has 0 nitrogen and oxygen atoms in total. The molecule has 0 aromatic heterocycles. The Morgan fingerprint density at radius 2 is 1.30 bits per heavy atom. The summed E-state index contributed by atoms with van der Waals surface area (Å²) in [6.07, 6.45) is 2.60. The van der Waals surface area contributed by atoms with Crippen LogP contribution in [0.2, 0.25) is 13.1 Å². The standard InChI is InChI=1S/C3H6B.C2H5.CH3B.2W/c1-2-3-4;2*1-2;;/h2H,3H2,1H3;1H2,2H3;1H3;;/q2*-1;;;. The summed E-state index contributed by atoms with van der Waals surface area (Å²) in [5.41, 5.74) is 0. The van der Waals surface area contributed by atoms with Gasteiger partial charge in [0.05, 0.1) is 7.85 Å². The van der Waals surface area contributed by atoms with Crippen molar-refractivity contribution in [3.8, 4) is 0 Å². The van der Waals surface area contributed by atoms with E-state index in [1.54, 1.807) is 6.92 Å². The van der Waals surface area contributed by atoms with Gasteiger partial charge in [-0.15, -0.1) is 0 Å². The molecule has 0 saturated heterocycles. The van der Waals surface area contributed by atoms with E-state index in [9.17, 15) is 0 Å². The van der Waals surface area contributed by atoms with E-state index in [0.29, 0.717) is 6.32 Å². The Balaban J connectivity index is -0.0000000125. The molecule has 0 N–H and O–H groups in total. The smallest absolute Gasteiger partial charge is 0.0606 e. The fraction of sp³-hybridized carbons (Fsp3) is 0.667. The van der Waals surface area contributed by atoms with Crippen LogP contribution in [0.4, 0.5) is 0 Å². The van der Waals surface area contributed by atoms with E-state index in [1.165, 1.54) is 6.82 Å². The van der Waals surface area contributed by atoms with Gasteiger partial charge in [-0.25, -0.2) is 6.32 Å². The minimum absolute atomic E-state index is 0. The van der Waals surface area contributed by atoms with E-state index in [0.717, 1.165) is 0 Å². The minimum atomic E-state index is 0. The Morgan fingerprint density at radius 3 is 1.30 bits per heavy atom. The van der Waals surface area contributed by atoms with Gasteiger partial charge >= 0.3 is 0 Å². The van der Waals surface area contributed by atoms with Gasteiger partial charge in [0.2, 0.25) is 0 Å². The van der Waals surface area contributed by atoms with E-state index in [2.05, 4.69) is 14.8 Å². The second kappa shape index (κ2) is 77.2. The summed E-state index contributed by atoms with van der Waals surface area (Å²) in [5.74, 6) is 0. The predicted molar refractivity (Wildman–Crippen MR) is 43.2 cm³/mol. The van der Waals surface area contributed by atoms with Crippen molar-refractivity contribution in [3.63, 3.8) is 0 Å². The normalized spacial score (nSPS) is 4.00. The van der Waals surface area contributed by atoms with E-state index < -0.39 is 0 Å². The fourth-order valence-electron chi connectivity index (χ4n) is 0. The van der Waals surface area contributed by atoms with E-state index in [4.69, 9.17) is 7.85 Å². The monoisotopic (exact) mass is 476 g/mol. The molecule has 4 heteroatoms. The van der Waals surface area contributed by atoms with Gasteiger partial charge in [0, 0.05) is 50.0 Å². The van der Waals surface area contributed by atoms with Crippen molar-refractivity contribution in [1.29, 1.82) is 0 Å². The second-order valence-electron chi connectivity index (χ2n) is 0.644. The Hall–Kier alpha value is 1.51. The summed E-state index contributed by atoms with van der Waals surface area (Å²) < 4.78 is 0. The van der Waals surface area contributed by atoms with Crippen LogP contribution >= 0.6 is 0 Å². The topological polar surface area (TPSA) is 0 Å². The van der Waals surface area contributed by atoms with Crippen LogP contribution in [-0.2, 0) is 42.1 Å². The number of rotatable bonds is 1. The Bertz CT molecular complexity index is 15.7. The third-order valence-electron chi connectivity index (χ3n) is 0.236. The SMILES string of the molecule is [B]C.[B]C[CH-]C.[CH2-]C.[W].[W]. The summed E-state index contributed by atoms with van der Waals surface area (Å²) in [5, 5.41) is 0. The van der Waals surface area contributed by atoms with Gasteiger partial charge in [0.25, 0.3) is 0 Å². The van der Waals surface area contributed by atoms with Crippen LogP contribution in [0.25, 0.3) is 0 Å². The fourth-order valence-corrected chi connectivity index (χ4v) is 0. The van der Waals surface area contributed by atoms with Crippen LogP contribution in [0, 0.1) is 13.3 Å². The maximum absolute atomic E-state index is 4.97. The van der Waals surface area contributed by atoms with Crippen molar-refractivity contribution in [2.24, 2.45) is 0 Å². The predicted octanol–water partition coefficient (Wildman–Crippen LogP) is 1.84. The second-order valence-corrected chi connectivity index (χ2v) is 0.644. The number of hydrogen-bond donors (Lipinski definition) is 0. The summed E-state index contributed by atoms with van der Waals surface area (Å²) >= 11 is 0. The molecule has 0 aliphatic heterocycles. The zero-order valence-electron chi connectivity index (χ0n) is 6.96. The molecular formula is C6H14B2W2-2. The van der Waals surface area contributed by atoms with Crippen LogP contribution in [0.5, 0.6) is 0 Å². The summed E-state index contributed by atoms with van der Waals surface area (Å²) in [4.78, 5) is 0. The third-order valence-corrected chi connectivity index (χ3v) is 0.236. The first-order valence-corrected chi connectivity index (χ1v) is 2.68. The minimum Gasteiger partial charge on any atom is -0.346 e. The molecular weight excluding hydrogens is 461 g/mol. The van der Waals surface area contributed by atoms with Gasteiger partial charge in [-0.05, 0) is 0 Å². The maximum atomic E-state index is 4.97. The third kappa shape index (κ3) is 109. The van der Waals surface area contributed by atoms with Crippen molar-refractivity contribution < 1.29 is 42.1 Å². The Kier molecular flexibility index (Phi) is 232. The maximum Gasteiger partial charge on any atom is 0.0606 e. The van der Waals surface area contributed by atoms with E-state index in [-0.39, 0.29) is 42.1 Å². The van der Waals surface area contributed by atoms with Gasteiger partial charge in [-0.1, -0.05) is 6.82 Å². The largest absolute Gasteiger partial charge is 0.346 e. The molecule has 0 atom stereocenters. The molecule has 0 unspecified atom stereocenters. The zero-order valence-corrected chi connectivity index (χ0v) is 12.8. The molecule has 0 aromatic carbocycles. The average molecular weight is 475 g/mol. The number of hydrogen-bond acceptors (Lipinski definition) is 0. The van der Waals surface area contributed by atoms with Gasteiger partial charge in [0.15, 0.2) is 0 Å². The van der Waals surface area contributed by atoms with Gasteiger partial charge in [0.1, 0.15) is 0 Å². The van der Waals surface area contributed by atoms with Crippen LogP contribution in [0.1, 0.15) is 13.8 Å². The molecule has 0 fully saturated rings. The molecule has 0 saturated carbocycles. The molecule has 10 heavy (non-hydrogen) atoms. The molecule has 0 amide bonds. The molecule has 0 spiro atoms. The Labute approximate surface area is 97.7 Å². The van der Waals surface area contributed by atoms with Crippen LogP contribution in [0.3, 0.4) is 0 Å². The van der Waals surface area contributed by atoms with Crippen molar-refractivity contribution >= 4 is 15.7 Å². The van der Waals surface area contributed by atoms with Crippen LogP contribution in [0.15, 0.2) is 0 Å². The summed E-state index contributed by atoms with van der Waals surface area (Å²) in [6.45, 7) is 8.43. The average Bonchev–Trinajstić information content (AvgIpc) is 1.96. The Morgan fingerprint density at radius 1 is 1.20 bits per heavy atom. The first-order chi connectivity index (χ1) is 3.91. The van der Waals surface area contributed by atoms with Gasteiger partial charge < -0.3 is 13.3 Å². The first-order valence-electron chi connectivity index (χ1n) is 2.68. The quantitative estimate of drug-likeness (QED) is 0.401. The summed E-state index contributed by atoms with van der Waals surface area (Å²) in [7, 11) is 9.47. The van der Waals surface area contributed by atoms with Crippen LogP contribution < -0.4 is 0 Å². The van der Waals surface area contributed by atoms with Crippen molar-refractivity contribution in [1.82, 2.24) is 0 Å². The molecule has 0 rings (SSSR count). The zero-order chi connectivity index (χ0) is 7.41. The van der Waals surface area contributed by atoms with Crippen molar-refractivity contribution in [2.75, 3.05) is 0 Å². The first kappa shape index (κ1) is 30.0. The van der Waals surface area contributed by atoms with E-state index in [1.807, 2.05) is 13.3 Å². The van der Waals surface area contributed by atoms with Crippen molar-refractivity contribution in [3.05, 3.63) is 13.3 Å². The molecule has 0 heterocycles. The molecule has 0 aromatic rings. The molecule has 4 radical (unpaired) electrons. The molecule has 0 bridgehead atoms. The molecule has 0 aliphatic rings. The molecule has 58 valence electrons. The van der Waals surface area contributed by atoms with E-state index >= 15 is 0 Å². The van der Waals surface area contributed by atoms with Gasteiger partial charge in [-0.2, -0.15) is 13.8 Å². The summed E-state index contributed by atoms with van der Waals surface area (Å²) in [6, 6.07) is 0.